The molecule has 1 aromatic rings. The Balaban J connectivity index is 1.60. The first kappa shape index (κ1) is 13.6. The van der Waals surface area contributed by atoms with E-state index in [0.717, 1.165) is 26.2 Å². The molecule has 2 aliphatic heterocycles. The van der Waals surface area contributed by atoms with Gasteiger partial charge in [0.2, 0.25) is 5.91 Å². The van der Waals surface area contributed by atoms with Gasteiger partial charge in [0, 0.05) is 19.6 Å². The van der Waals surface area contributed by atoms with Gasteiger partial charge in [-0.2, -0.15) is 0 Å². The zero-order valence-corrected chi connectivity index (χ0v) is 12.3. The van der Waals surface area contributed by atoms with Gasteiger partial charge in [0.25, 0.3) is 0 Å². The molecule has 3 nitrogen and oxygen atoms in total. The average molecular weight is 272 g/mol. The maximum Gasteiger partial charge on any atom is 0.239 e. The molecule has 2 atom stereocenters. The maximum absolute atomic E-state index is 12.5. The lowest BCUT2D eigenvalue weighted by molar-refractivity contribution is -0.134. The number of carbonyl (C=O) groups is 1. The third kappa shape index (κ3) is 2.73. The monoisotopic (exact) mass is 272 g/mol. The van der Waals surface area contributed by atoms with Crippen LogP contribution in [0.15, 0.2) is 30.3 Å². The van der Waals surface area contributed by atoms with Crippen molar-refractivity contribution in [2.75, 3.05) is 26.2 Å². The van der Waals surface area contributed by atoms with Gasteiger partial charge in [-0.15, -0.1) is 0 Å². The van der Waals surface area contributed by atoms with Gasteiger partial charge in [0.05, 0.1) is 6.04 Å². The molecule has 0 unspecified atom stereocenters. The van der Waals surface area contributed by atoms with Gasteiger partial charge < -0.3 is 4.90 Å². The Hall–Kier alpha value is -1.35. The second-order valence-electron chi connectivity index (χ2n) is 6.10. The molecule has 2 fully saturated rings. The fourth-order valence-electron chi connectivity index (χ4n) is 3.49. The van der Waals surface area contributed by atoms with Gasteiger partial charge >= 0.3 is 0 Å². The minimum atomic E-state index is 0.0433. The highest BCUT2D eigenvalue weighted by atomic mass is 16.2. The van der Waals surface area contributed by atoms with E-state index in [1.807, 2.05) is 4.90 Å². The van der Waals surface area contributed by atoms with E-state index in [1.54, 1.807) is 0 Å². The smallest absolute Gasteiger partial charge is 0.239 e. The van der Waals surface area contributed by atoms with E-state index in [-0.39, 0.29) is 6.04 Å². The third-order valence-electron chi connectivity index (χ3n) is 4.81. The van der Waals surface area contributed by atoms with E-state index in [0.29, 0.717) is 11.8 Å². The molecule has 0 radical (unpaired) electrons. The lowest BCUT2D eigenvalue weighted by Gasteiger charge is -2.27. The summed E-state index contributed by atoms with van der Waals surface area (Å²) in [6.07, 6.45) is 3.51. The molecule has 0 bridgehead atoms. The Morgan fingerprint density at radius 3 is 2.55 bits per heavy atom. The predicted octanol–water partition coefficient (Wildman–Crippen LogP) is 2.49. The Kier molecular flexibility index (Phi) is 4.06. The molecule has 0 aliphatic carbocycles. The van der Waals surface area contributed by atoms with Crippen LogP contribution in [0.5, 0.6) is 0 Å². The second-order valence-corrected chi connectivity index (χ2v) is 6.10. The van der Waals surface area contributed by atoms with Crippen molar-refractivity contribution in [1.82, 2.24) is 9.80 Å². The van der Waals surface area contributed by atoms with Gasteiger partial charge in [0.15, 0.2) is 0 Å². The molecule has 3 rings (SSSR count). The van der Waals surface area contributed by atoms with Crippen LogP contribution in [0.1, 0.15) is 37.7 Å². The van der Waals surface area contributed by atoms with Crippen molar-refractivity contribution in [3.05, 3.63) is 35.9 Å². The molecule has 0 saturated carbocycles. The van der Waals surface area contributed by atoms with E-state index >= 15 is 0 Å². The van der Waals surface area contributed by atoms with Crippen molar-refractivity contribution < 1.29 is 4.79 Å². The molecule has 2 heterocycles. The summed E-state index contributed by atoms with van der Waals surface area (Å²) in [5.74, 6) is 0.918. The zero-order valence-electron chi connectivity index (χ0n) is 12.3. The van der Waals surface area contributed by atoms with Crippen LogP contribution in [0.4, 0.5) is 0 Å². The molecule has 108 valence electrons. The minimum Gasteiger partial charge on any atom is -0.341 e. The summed E-state index contributed by atoms with van der Waals surface area (Å²) in [6.45, 7) is 6.05. The SMILES string of the molecule is C[C@H](C(=O)N1CCCC1)N1CC[C@@H](c2ccccc2)C1. The van der Waals surface area contributed by atoms with Crippen LogP contribution in [0.3, 0.4) is 0 Å². The minimum absolute atomic E-state index is 0.0433. The summed E-state index contributed by atoms with van der Waals surface area (Å²) < 4.78 is 0. The zero-order chi connectivity index (χ0) is 13.9. The first-order chi connectivity index (χ1) is 9.75. The summed E-state index contributed by atoms with van der Waals surface area (Å²) in [6, 6.07) is 10.7. The van der Waals surface area contributed by atoms with Crippen molar-refractivity contribution in [3.63, 3.8) is 0 Å². The average Bonchev–Trinajstić information content (AvgIpc) is 3.18. The van der Waals surface area contributed by atoms with Crippen molar-refractivity contribution >= 4 is 5.91 Å². The van der Waals surface area contributed by atoms with Crippen LogP contribution in [-0.4, -0.2) is 47.9 Å². The fourth-order valence-corrected chi connectivity index (χ4v) is 3.49. The largest absolute Gasteiger partial charge is 0.341 e. The third-order valence-corrected chi connectivity index (χ3v) is 4.81. The molecule has 20 heavy (non-hydrogen) atoms. The maximum atomic E-state index is 12.5. The Morgan fingerprint density at radius 1 is 1.15 bits per heavy atom. The second kappa shape index (κ2) is 5.96. The molecule has 0 N–H and O–H groups in total. The molecular formula is C17H24N2O. The molecule has 0 aromatic heterocycles. The number of likely N-dealkylation sites (tertiary alicyclic amines) is 2. The topological polar surface area (TPSA) is 23.6 Å². The number of rotatable bonds is 3. The van der Waals surface area contributed by atoms with E-state index in [1.165, 1.54) is 24.8 Å². The number of benzene rings is 1. The molecule has 2 saturated heterocycles. The highest BCUT2D eigenvalue weighted by Crippen LogP contribution is 2.28. The lowest BCUT2D eigenvalue weighted by atomic mass is 9.99. The summed E-state index contributed by atoms with van der Waals surface area (Å²) >= 11 is 0. The van der Waals surface area contributed by atoms with Gasteiger partial charge in [-0.05, 0) is 44.2 Å². The van der Waals surface area contributed by atoms with Gasteiger partial charge in [-0.3, -0.25) is 9.69 Å². The van der Waals surface area contributed by atoms with Gasteiger partial charge in [0.1, 0.15) is 0 Å². The molecular weight excluding hydrogens is 248 g/mol. The van der Waals surface area contributed by atoms with Crippen molar-refractivity contribution in [1.29, 1.82) is 0 Å². The normalized spacial score (nSPS) is 25.1. The standard InChI is InChI=1S/C17H24N2O/c1-14(17(20)18-10-5-6-11-18)19-12-9-16(13-19)15-7-3-2-4-8-15/h2-4,7-8,14,16H,5-6,9-13H2,1H3/t14-,16-/m1/s1. The number of hydrogen-bond acceptors (Lipinski definition) is 2. The van der Waals surface area contributed by atoms with Gasteiger partial charge in [-0.25, -0.2) is 0 Å². The first-order valence-electron chi connectivity index (χ1n) is 7.83. The van der Waals surface area contributed by atoms with E-state index < -0.39 is 0 Å². The highest BCUT2D eigenvalue weighted by molar-refractivity contribution is 5.81. The van der Waals surface area contributed by atoms with E-state index in [2.05, 4.69) is 42.2 Å². The molecule has 3 heteroatoms. The van der Waals surface area contributed by atoms with Crippen LogP contribution in [0.2, 0.25) is 0 Å². The number of amides is 1. The van der Waals surface area contributed by atoms with Crippen LogP contribution < -0.4 is 0 Å². The van der Waals surface area contributed by atoms with E-state index in [9.17, 15) is 4.79 Å². The molecule has 0 spiro atoms. The number of carbonyl (C=O) groups excluding carboxylic acids is 1. The molecule has 1 amide bonds. The van der Waals surface area contributed by atoms with Gasteiger partial charge in [-0.1, -0.05) is 30.3 Å². The predicted molar refractivity (Wildman–Crippen MR) is 80.6 cm³/mol. The molecule has 1 aromatic carbocycles. The summed E-state index contributed by atoms with van der Waals surface area (Å²) in [5.41, 5.74) is 1.41. The van der Waals surface area contributed by atoms with Crippen LogP contribution in [0, 0.1) is 0 Å². The Bertz CT molecular complexity index is 453. The van der Waals surface area contributed by atoms with Crippen molar-refractivity contribution in [2.45, 2.75) is 38.1 Å². The Labute approximate surface area is 121 Å². The number of nitrogens with zero attached hydrogens (tertiary/aromatic N) is 2. The van der Waals surface area contributed by atoms with Crippen LogP contribution >= 0.6 is 0 Å². The highest BCUT2D eigenvalue weighted by Gasteiger charge is 2.32. The van der Waals surface area contributed by atoms with Crippen molar-refractivity contribution in [3.8, 4) is 0 Å². The quantitative estimate of drug-likeness (QED) is 0.844. The summed E-state index contributed by atoms with van der Waals surface area (Å²) in [4.78, 5) is 16.9. The number of hydrogen-bond donors (Lipinski definition) is 0. The summed E-state index contributed by atoms with van der Waals surface area (Å²) in [5, 5.41) is 0. The lowest BCUT2D eigenvalue weighted by Crippen LogP contribution is -2.45. The summed E-state index contributed by atoms with van der Waals surface area (Å²) in [7, 11) is 0. The fraction of sp³-hybridized carbons (Fsp3) is 0.588. The molecule has 2 aliphatic rings. The van der Waals surface area contributed by atoms with Crippen LogP contribution in [0.25, 0.3) is 0 Å². The van der Waals surface area contributed by atoms with Crippen molar-refractivity contribution in [2.24, 2.45) is 0 Å². The first-order valence-corrected chi connectivity index (χ1v) is 7.83. The Morgan fingerprint density at radius 2 is 1.85 bits per heavy atom. The van der Waals surface area contributed by atoms with E-state index in [4.69, 9.17) is 0 Å². The van der Waals surface area contributed by atoms with Crippen LogP contribution in [-0.2, 0) is 4.79 Å².